The van der Waals surface area contributed by atoms with Crippen LogP contribution in [0.4, 0.5) is 10.5 Å². The van der Waals surface area contributed by atoms with Gasteiger partial charge in [-0.05, 0) is 38.3 Å². The molecule has 0 aliphatic carbocycles. The van der Waals surface area contributed by atoms with E-state index in [1.54, 1.807) is 19.1 Å². The molecule has 1 amide bonds. The summed E-state index contributed by atoms with van der Waals surface area (Å²) in [5.74, 6) is -1.06. The molecule has 2 aromatic carbocycles. The normalized spacial score (nSPS) is 13.1. The Kier molecular flexibility index (Phi) is 6.71. The van der Waals surface area contributed by atoms with Crippen LogP contribution >= 0.6 is 0 Å². The van der Waals surface area contributed by atoms with Gasteiger partial charge in [-0.25, -0.2) is 4.79 Å². The molecule has 1 aromatic heterocycles. The predicted molar refractivity (Wildman–Crippen MR) is 113 cm³/mol. The molecule has 0 saturated carbocycles. The van der Waals surface area contributed by atoms with Crippen LogP contribution in [0.3, 0.4) is 0 Å². The highest BCUT2D eigenvalue weighted by Crippen LogP contribution is 2.36. The zero-order chi connectivity index (χ0) is 22.5. The number of rotatable bonds is 9. The molecular weight excluding hydrogens is 406 g/mol. The van der Waals surface area contributed by atoms with Gasteiger partial charge >= 0.3 is 12.1 Å². The van der Waals surface area contributed by atoms with E-state index in [9.17, 15) is 19.7 Å². The number of carboxylic acids is 1. The van der Waals surface area contributed by atoms with Gasteiger partial charge in [0.25, 0.3) is 5.69 Å². The summed E-state index contributed by atoms with van der Waals surface area (Å²) in [6.07, 6.45) is -0.246. The predicted octanol–water partition coefficient (Wildman–Crippen LogP) is 3.86. The van der Waals surface area contributed by atoms with E-state index in [4.69, 9.17) is 20.0 Å². The lowest BCUT2D eigenvalue weighted by molar-refractivity contribution is -0.386. The minimum atomic E-state index is -1.06. The van der Waals surface area contributed by atoms with E-state index >= 15 is 0 Å². The lowest BCUT2D eigenvalue weighted by atomic mass is 10.0. The summed E-state index contributed by atoms with van der Waals surface area (Å²) in [7, 11) is 0. The van der Waals surface area contributed by atoms with Crippen molar-refractivity contribution in [1.29, 1.82) is 0 Å². The summed E-state index contributed by atoms with van der Waals surface area (Å²) in [5.41, 5.74) is 6.47. The van der Waals surface area contributed by atoms with Crippen molar-refractivity contribution in [3.63, 3.8) is 0 Å². The van der Waals surface area contributed by atoms with Gasteiger partial charge in [-0.15, -0.1) is 0 Å². The molecule has 1 unspecified atom stereocenters. The number of fused-ring (bicyclic) bond motifs is 3. The van der Waals surface area contributed by atoms with Crippen LogP contribution in [0.5, 0.6) is 0 Å². The topological polar surface area (TPSA) is 158 Å². The number of furan rings is 1. The number of carbonyl (C=O) groups excluding carboxylic acids is 1. The lowest BCUT2D eigenvalue weighted by Gasteiger charge is -2.15. The zero-order valence-corrected chi connectivity index (χ0v) is 16.9. The summed E-state index contributed by atoms with van der Waals surface area (Å²) in [6, 6.07) is 9.31. The first-order valence-corrected chi connectivity index (χ1v) is 9.80. The van der Waals surface area contributed by atoms with E-state index in [2.05, 4.69) is 5.32 Å². The number of hydrogen-bond donors (Lipinski definition) is 3. The van der Waals surface area contributed by atoms with Crippen LogP contribution in [0.25, 0.3) is 21.9 Å². The Morgan fingerprint density at radius 3 is 2.68 bits per heavy atom. The smallest absolute Gasteiger partial charge is 0.407 e. The number of amides is 1. The number of benzene rings is 2. The number of ether oxygens (including phenoxy) is 1. The Bertz CT molecular complexity index is 1120. The number of nitro benzene ring substituents is 1. The van der Waals surface area contributed by atoms with Crippen LogP contribution in [0.2, 0.25) is 0 Å². The van der Waals surface area contributed by atoms with E-state index in [0.717, 1.165) is 5.39 Å². The fourth-order valence-electron chi connectivity index (χ4n) is 3.33. The van der Waals surface area contributed by atoms with Gasteiger partial charge in [0.05, 0.1) is 16.6 Å². The number of alkyl carbamates (subject to hydrolysis) is 1. The minimum Gasteiger partial charge on any atom is -0.480 e. The van der Waals surface area contributed by atoms with Crippen LogP contribution in [0.1, 0.15) is 37.9 Å². The highest BCUT2D eigenvalue weighted by atomic mass is 16.6. The Hall–Kier alpha value is -3.66. The standard InChI is InChI=1S/C21H23N3O7/c1-12(30-21(27)23-9-5-4-7-16(22)20(25)26)14-10-15-13-6-2-3-8-18(13)31-19(15)11-17(14)24(28)29/h2-3,6,8,10-12,16H,4-5,7,9,22H2,1H3,(H,23,27)(H,25,26)/t12?,16-/m0/s1. The molecule has 31 heavy (non-hydrogen) atoms. The molecule has 0 spiro atoms. The van der Waals surface area contributed by atoms with Gasteiger partial charge in [-0.1, -0.05) is 18.2 Å². The molecule has 4 N–H and O–H groups in total. The Morgan fingerprint density at radius 1 is 1.23 bits per heavy atom. The molecule has 0 saturated heterocycles. The van der Waals surface area contributed by atoms with Crippen molar-refractivity contribution < 1.29 is 28.8 Å². The lowest BCUT2D eigenvalue weighted by Crippen LogP contribution is -2.30. The highest BCUT2D eigenvalue weighted by Gasteiger charge is 2.25. The number of nitrogens with one attached hydrogen (secondary N) is 1. The molecule has 0 aliphatic rings. The number of nitrogens with two attached hydrogens (primary N) is 1. The first kappa shape index (κ1) is 22.0. The molecular formula is C21H23N3O7. The van der Waals surface area contributed by atoms with Gasteiger partial charge in [0, 0.05) is 17.3 Å². The third-order valence-corrected chi connectivity index (χ3v) is 4.97. The van der Waals surface area contributed by atoms with Crippen molar-refractivity contribution in [3.8, 4) is 0 Å². The molecule has 0 radical (unpaired) electrons. The average molecular weight is 429 g/mol. The average Bonchev–Trinajstić information content (AvgIpc) is 3.09. The summed E-state index contributed by atoms with van der Waals surface area (Å²) in [6.45, 7) is 1.83. The van der Waals surface area contributed by atoms with Crippen molar-refractivity contribution in [2.45, 2.75) is 38.3 Å². The molecule has 0 fully saturated rings. The second-order valence-corrected chi connectivity index (χ2v) is 7.18. The largest absolute Gasteiger partial charge is 0.480 e. The van der Waals surface area contributed by atoms with E-state index in [1.165, 1.54) is 6.07 Å². The third-order valence-electron chi connectivity index (χ3n) is 4.97. The summed E-state index contributed by atoms with van der Waals surface area (Å²) < 4.78 is 11.0. The molecule has 164 valence electrons. The molecule has 0 aliphatic heterocycles. The SMILES string of the molecule is CC(OC(=O)NCCCC[C@H](N)C(=O)O)c1cc2c(cc1[N+](=O)[O-])oc1ccccc12. The quantitative estimate of drug-likeness (QED) is 0.263. The number of hydrogen-bond acceptors (Lipinski definition) is 7. The second kappa shape index (κ2) is 9.43. The molecule has 0 bridgehead atoms. The Balaban J connectivity index is 1.68. The molecule has 3 aromatic rings. The third kappa shape index (κ3) is 5.10. The molecule has 10 nitrogen and oxygen atoms in total. The van der Waals surface area contributed by atoms with Crippen molar-refractivity contribution in [3.05, 3.63) is 52.1 Å². The molecule has 10 heteroatoms. The fourth-order valence-corrected chi connectivity index (χ4v) is 3.33. The number of nitrogens with zero attached hydrogens (tertiary/aromatic N) is 1. The van der Waals surface area contributed by atoms with Crippen LogP contribution in [-0.4, -0.2) is 34.7 Å². The van der Waals surface area contributed by atoms with E-state index < -0.39 is 29.1 Å². The van der Waals surface area contributed by atoms with Gasteiger partial charge in [0.1, 0.15) is 23.3 Å². The molecule has 1 heterocycles. The molecule has 2 atom stereocenters. The maximum Gasteiger partial charge on any atom is 0.407 e. The van der Waals surface area contributed by atoms with Gasteiger partial charge in [-0.3, -0.25) is 14.9 Å². The van der Waals surface area contributed by atoms with Crippen LogP contribution in [-0.2, 0) is 9.53 Å². The van der Waals surface area contributed by atoms with Crippen molar-refractivity contribution in [2.75, 3.05) is 6.54 Å². The van der Waals surface area contributed by atoms with Crippen LogP contribution in [0.15, 0.2) is 40.8 Å². The van der Waals surface area contributed by atoms with Crippen molar-refractivity contribution in [2.24, 2.45) is 5.73 Å². The Labute approximate surface area is 177 Å². The van der Waals surface area contributed by atoms with Crippen LogP contribution < -0.4 is 11.1 Å². The van der Waals surface area contributed by atoms with Crippen molar-refractivity contribution >= 4 is 39.7 Å². The maximum atomic E-state index is 12.1. The first-order chi connectivity index (χ1) is 14.8. The van der Waals surface area contributed by atoms with Gasteiger partial charge in [0.2, 0.25) is 0 Å². The highest BCUT2D eigenvalue weighted by molar-refractivity contribution is 6.05. The van der Waals surface area contributed by atoms with Crippen molar-refractivity contribution in [1.82, 2.24) is 5.32 Å². The second-order valence-electron chi connectivity index (χ2n) is 7.18. The van der Waals surface area contributed by atoms with E-state index in [1.807, 2.05) is 18.2 Å². The minimum absolute atomic E-state index is 0.200. The monoisotopic (exact) mass is 429 g/mol. The van der Waals surface area contributed by atoms with Crippen LogP contribution in [0, 0.1) is 10.1 Å². The number of aliphatic carboxylic acids is 1. The summed E-state index contributed by atoms with van der Waals surface area (Å²) >= 11 is 0. The number of para-hydroxylation sites is 1. The zero-order valence-electron chi connectivity index (χ0n) is 16.9. The Morgan fingerprint density at radius 2 is 1.97 bits per heavy atom. The van der Waals surface area contributed by atoms with Gasteiger partial charge in [0.15, 0.2) is 0 Å². The van der Waals surface area contributed by atoms with E-state index in [-0.39, 0.29) is 17.8 Å². The number of unbranched alkanes of at least 4 members (excludes halogenated alkanes) is 1. The van der Waals surface area contributed by atoms with E-state index in [0.29, 0.717) is 35.8 Å². The first-order valence-electron chi connectivity index (χ1n) is 9.80. The summed E-state index contributed by atoms with van der Waals surface area (Å²) in [4.78, 5) is 33.8. The van der Waals surface area contributed by atoms with Gasteiger partial charge < -0.3 is 25.3 Å². The summed E-state index contributed by atoms with van der Waals surface area (Å²) in [5, 5.41) is 24.4. The fraction of sp³-hybridized carbons (Fsp3) is 0.333. The molecule has 3 rings (SSSR count). The maximum absolute atomic E-state index is 12.1. The van der Waals surface area contributed by atoms with Gasteiger partial charge in [-0.2, -0.15) is 0 Å². The number of carboxylic acid groups (broad SMARTS) is 1. The number of carbonyl (C=O) groups is 2. The number of nitro groups is 1.